The van der Waals surface area contributed by atoms with E-state index in [-0.39, 0.29) is 35.1 Å². The monoisotopic (exact) mass is 498 g/mol. The van der Waals surface area contributed by atoms with Crippen molar-refractivity contribution < 1.29 is 19.1 Å². The third kappa shape index (κ3) is 6.49. The van der Waals surface area contributed by atoms with Gasteiger partial charge in [0.15, 0.2) is 0 Å². The van der Waals surface area contributed by atoms with Gasteiger partial charge in [0.1, 0.15) is 17.3 Å². The first-order valence-corrected chi connectivity index (χ1v) is 11.1. The highest BCUT2D eigenvalue weighted by molar-refractivity contribution is 6.11. The minimum absolute atomic E-state index is 0. The summed E-state index contributed by atoms with van der Waals surface area (Å²) in [5.74, 6) is -1.54. The van der Waals surface area contributed by atoms with Crippen molar-refractivity contribution in [3.63, 3.8) is 0 Å². The van der Waals surface area contributed by atoms with Crippen molar-refractivity contribution >= 4 is 41.3 Å². The molecule has 184 valence electrons. The molecule has 2 amide bonds. The molecule has 3 aromatic rings. The maximum Gasteiger partial charge on any atom is 0.255 e. The number of hydrogen-bond acceptors (Lipinski definition) is 5. The number of nitrogens with zero attached hydrogens (tertiary/aromatic N) is 2. The van der Waals surface area contributed by atoms with Crippen molar-refractivity contribution in [3.05, 3.63) is 83.7 Å². The van der Waals surface area contributed by atoms with Crippen LogP contribution in [0.3, 0.4) is 0 Å². The zero-order chi connectivity index (χ0) is 24.1. The molecule has 0 spiro atoms. The smallest absolute Gasteiger partial charge is 0.255 e. The van der Waals surface area contributed by atoms with Crippen molar-refractivity contribution in [1.82, 2.24) is 4.90 Å². The average molecular weight is 499 g/mol. The van der Waals surface area contributed by atoms with Crippen LogP contribution >= 0.6 is 12.4 Å². The Morgan fingerprint density at radius 1 is 0.829 bits per heavy atom. The molecule has 1 fully saturated rings. The van der Waals surface area contributed by atoms with Crippen LogP contribution in [0.4, 0.5) is 21.5 Å². The molecule has 9 heteroatoms. The quantitative estimate of drug-likeness (QED) is 0.448. The Kier molecular flexibility index (Phi) is 8.68. The summed E-state index contributed by atoms with van der Waals surface area (Å²) in [5, 5.41) is 15.7. The van der Waals surface area contributed by atoms with Gasteiger partial charge < -0.3 is 25.5 Å². The SMILES string of the molecule is CN1CCCN(c2ccc(C(=O)Nc3c(O)cccc3NC(=O)c3ccc(F)cc3)cc2)CC1.Cl. The largest absolute Gasteiger partial charge is 0.506 e. The summed E-state index contributed by atoms with van der Waals surface area (Å²) >= 11 is 0. The lowest BCUT2D eigenvalue weighted by Crippen LogP contribution is -2.28. The van der Waals surface area contributed by atoms with Crippen molar-refractivity contribution in [2.24, 2.45) is 0 Å². The summed E-state index contributed by atoms with van der Waals surface area (Å²) in [5.41, 5.74) is 2.05. The van der Waals surface area contributed by atoms with Crippen LogP contribution in [-0.4, -0.2) is 55.0 Å². The van der Waals surface area contributed by atoms with Gasteiger partial charge in [-0.05, 0) is 80.7 Å². The van der Waals surface area contributed by atoms with E-state index in [0.717, 1.165) is 38.3 Å². The summed E-state index contributed by atoms with van der Waals surface area (Å²) in [7, 11) is 2.12. The first kappa shape index (κ1) is 26.0. The lowest BCUT2D eigenvalue weighted by atomic mass is 10.1. The van der Waals surface area contributed by atoms with Crippen LogP contribution in [0.15, 0.2) is 66.7 Å². The molecule has 7 nitrogen and oxygen atoms in total. The number of rotatable bonds is 5. The molecular weight excluding hydrogens is 471 g/mol. The number of amides is 2. The van der Waals surface area contributed by atoms with Crippen LogP contribution in [0, 0.1) is 5.82 Å². The number of nitrogens with one attached hydrogen (secondary N) is 2. The van der Waals surface area contributed by atoms with Crippen molar-refractivity contribution in [1.29, 1.82) is 0 Å². The van der Waals surface area contributed by atoms with Gasteiger partial charge in [-0.15, -0.1) is 12.4 Å². The van der Waals surface area contributed by atoms with Gasteiger partial charge in [-0.2, -0.15) is 0 Å². The molecule has 1 saturated heterocycles. The number of halogens is 2. The lowest BCUT2D eigenvalue weighted by Gasteiger charge is -2.23. The molecule has 0 aromatic heterocycles. The van der Waals surface area contributed by atoms with E-state index < -0.39 is 17.6 Å². The molecule has 1 aliphatic rings. The first-order chi connectivity index (χ1) is 16.4. The Labute approximate surface area is 210 Å². The van der Waals surface area contributed by atoms with Gasteiger partial charge in [-0.25, -0.2) is 4.39 Å². The predicted octanol–water partition coefficient (Wildman–Crippen LogP) is 4.60. The summed E-state index contributed by atoms with van der Waals surface area (Å²) in [6.07, 6.45) is 1.08. The van der Waals surface area contributed by atoms with E-state index in [1.807, 2.05) is 12.1 Å². The van der Waals surface area contributed by atoms with Crippen LogP contribution in [0.2, 0.25) is 0 Å². The molecule has 1 aliphatic heterocycles. The summed E-state index contributed by atoms with van der Waals surface area (Å²) in [6, 6.07) is 17.0. The Morgan fingerprint density at radius 3 is 2.14 bits per heavy atom. The van der Waals surface area contributed by atoms with Crippen molar-refractivity contribution in [2.45, 2.75) is 6.42 Å². The average Bonchev–Trinajstić information content (AvgIpc) is 3.06. The minimum Gasteiger partial charge on any atom is -0.506 e. The van der Waals surface area contributed by atoms with Gasteiger partial charge >= 0.3 is 0 Å². The molecule has 0 unspecified atom stereocenters. The standard InChI is InChI=1S/C26H27FN4O3.ClH/c1-30-14-3-15-31(17-16-30)21-12-8-19(9-13-21)26(34)29-24-22(4-2-5-23(24)32)28-25(33)18-6-10-20(27)11-7-18;/h2,4-13,32H,3,14-17H2,1H3,(H,28,33)(H,29,34);1H. The highest BCUT2D eigenvalue weighted by Gasteiger charge is 2.17. The molecule has 3 aromatic carbocycles. The van der Waals surface area contributed by atoms with Gasteiger partial charge in [-0.1, -0.05) is 6.07 Å². The Hall–Kier alpha value is -3.62. The minimum atomic E-state index is -0.492. The van der Waals surface area contributed by atoms with Crippen molar-refractivity contribution in [2.75, 3.05) is 48.8 Å². The highest BCUT2D eigenvalue weighted by Crippen LogP contribution is 2.32. The molecule has 3 N–H and O–H groups in total. The third-order valence-corrected chi connectivity index (χ3v) is 5.85. The van der Waals surface area contributed by atoms with Crippen LogP contribution in [0.1, 0.15) is 27.1 Å². The van der Waals surface area contributed by atoms with E-state index in [2.05, 4.69) is 27.5 Å². The Morgan fingerprint density at radius 2 is 1.46 bits per heavy atom. The number of carbonyl (C=O) groups excluding carboxylic acids is 2. The normalized spacial score (nSPS) is 13.9. The van der Waals surface area contributed by atoms with E-state index in [1.165, 1.54) is 30.3 Å². The second kappa shape index (κ2) is 11.7. The Balaban J connectivity index is 0.00000342. The molecule has 4 rings (SSSR count). The highest BCUT2D eigenvalue weighted by atomic mass is 35.5. The van der Waals surface area contributed by atoms with Gasteiger partial charge in [0, 0.05) is 36.4 Å². The predicted molar refractivity (Wildman–Crippen MR) is 138 cm³/mol. The fraction of sp³-hybridized carbons (Fsp3) is 0.231. The fourth-order valence-electron chi connectivity index (χ4n) is 3.89. The number of anilines is 3. The first-order valence-electron chi connectivity index (χ1n) is 11.1. The maximum atomic E-state index is 13.1. The number of phenols is 1. The van der Waals surface area contributed by atoms with Gasteiger partial charge in [0.05, 0.1) is 5.69 Å². The number of likely N-dealkylation sites (N-methyl/N-ethyl adjacent to an activating group) is 1. The second-order valence-electron chi connectivity index (χ2n) is 8.31. The molecule has 0 atom stereocenters. The number of aromatic hydroxyl groups is 1. The molecule has 35 heavy (non-hydrogen) atoms. The molecule has 0 saturated carbocycles. The molecular formula is C26H28ClFN4O3. The second-order valence-corrected chi connectivity index (χ2v) is 8.31. The van der Waals surface area contributed by atoms with E-state index >= 15 is 0 Å². The van der Waals surface area contributed by atoms with Gasteiger partial charge in [0.2, 0.25) is 0 Å². The van der Waals surface area contributed by atoms with Crippen LogP contribution in [-0.2, 0) is 0 Å². The van der Waals surface area contributed by atoms with Crippen LogP contribution in [0.5, 0.6) is 5.75 Å². The van der Waals surface area contributed by atoms with E-state index in [1.54, 1.807) is 24.3 Å². The molecule has 0 radical (unpaired) electrons. The number of carbonyl (C=O) groups is 2. The van der Waals surface area contributed by atoms with E-state index in [4.69, 9.17) is 0 Å². The number of phenolic OH excluding ortho intramolecular Hbond substituents is 1. The number of para-hydroxylation sites is 1. The molecule has 0 bridgehead atoms. The van der Waals surface area contributed by atoms with E-state index in [9.17, 15) is 19.1 Å². The fourth-order valence-corrected chi connectivity index (χ4v) is 3.89. The molecule has 1 heterocycles. The summed E-state index contributed by atoms with van der Waals surface area (Å²) in [6.45, 7) is 3.95. The van der Waals surface area contributed by atoms with Crippen LogP contribution < -0.4 is 15.5 Å². The van der Waals surface area contributed by atoms with Gasteiger partial charge in [0.25, 0.3) is 11.8 Å². The zero-order valence-corrected chi connectivity index (χ0v) is 20.1. The van der Waals surface area contributed by atoms with E-state index in [0.29, 0.717) is 5.56 Å². The molecule has 0 aliphatic carbocycles. The maximum absolute atomic E-state index is 13.1. The topological polar surface area (TPSA) is 84.9 Å². The number of benzene rings is 3. The summed E-state index contributed by atoms with van der Waals surface area (Å²) < 4.78 is 13.1. The lowest BCUT2D eigenvalue weighted by molar-refractivity contribution is 0.101. The zero-order valence-electron chi connectivity index (χ0n) is 19.3. The summed E-state index contributed by atoms with van der Waals surface area (Å²) in [4.78, 5) is 30.1. The van der Waals surface area contributed by atoms with Crippen LogP contribution in [0.25, 0.3) is 0 Å². The third-order valence-electron chi connectivity index (χ3n) is 5.85. The van der Waals surface area contributed by atoms with Crippen molar-refractivity contribution in [3.8, 4) is 5.75 Å². The number of hydrogen-bond donors (Lipinski definition) is 3. The Bertz CT molecular complexity index is 1170. The van der Waals surface area contributed by atoms with Gasteiger partial charge in [-0.3, -0.25) is 9.59 Å².